The van der Waals surface area contributed by atoms with Gasteiger partial charge in [-0.1, -0.05) is 42.1 Å². The second-order valence-electron chi connectivity index (χ2n) is 5.23. The molecule has 7 heteroatoms. The van der Waals surface area contributed by atoms with E-state index in [4.69, 9.17) is 5.26 Å². The van der Waals surface area contributed by atoms with Gasteiger partial charge in [-0.3, -0.25) is 9.36 Å². The van der Waals surface area contributed by atoms with E-state index in [9.17, 15) is 4.79 Å². The molecule has 0 saturated carbocycles. The first kappa shape index (κ1) is 16.7. The Hall–Kier alpha value is -3.11. The average molecular weight is 349 g/mol. The third-order valence-electron chi connectivity index (χ3n) is 3.51. The summed E-state index contributed by atoms with van der Waals surface area (Å²) in [4.78, 5) is 12.5. The zero-order chi connectivity index (χ0) is 17.6. The summed E-state index contributed by atoms with van der Waals surface area (Å²) in [5, 5.41) is 20.2. The zero-order valence-electron chi connectivity index (χ0n) is 13.5. The minimum Gasteiger partial charge on any atom is -0.324 e. The van der Waals surface area contributed by atoms with Crippen LogP contribution in [-0.2, 0) is 4.79 Å². The van der Waals surface area contributed by atoms with Gasteiger partial charge in [0.2, 0.25) is 5.91 Å². The molecule has 6 nitrogen and oxygen atoms in total. The number of para-hydroxylation sites is 2. The summed E-state index contributed by atoms with van der Waals surface area (Å²) in [5.74, 6) is -0.199. The third-order valence-corrected chi connectivity index (χ3v) is 4.56. The van der Waals surface area contributed by atoms with Crippen LogP contribution in [-0.4, -0.2) is 25.9 Å². The molecule has 25 heavy (non-hydrogen) atoms. The SMILES string of the molecule is CC(Sc1nncn1-c1ccccc1)C(=O)Nc1ccccc1C#N. The second-order valence-corrected chi connectivity index (χ2v) is 6.53. The molecular weight excluding hydrogens is 334 g/mol. The van der Waals surface area contributed by atoms with Gasteiger partial charge in [0.05, 0.1) is 16.5 Å². The quantitative estimate of drug-likeness (QED) is 0.715. The highest BCUT2D eigenvalue weighted by Gasteiger charge is 2.19. The van der Waals surface area contributed by atoms with Gasteiger partial charge in [-0.15, -0.1) is 10.2 Å². The average Bonchev–Trinajstić information content (AvgIpc) is 3.11. The number of nitrogens with one attached hydrogen (secondary N) is 1. The Kier molecular flexibility index (Phi) is 5.11. The van der Waals surface area contributed by atoms with Crippen molar-refractivity contribution in [2.75, 3.05) is 5.32 Å². The highest BCUT2D eigenvalue weighted by atomic mass is 32.2. The van der Waals surface area contributed by atoms with Gasteiger partial charge >= 0.3 is 0 Å². The molecule has 3 rings (SSSR count). The Balaban J connectivity index is 1.73. The van der Waals surface area contributed by atoms with Gasteiger partial charge < -0.3 is 5.32 Å². The van der Waals surface area contributed by atoms with E-state index in [0.717, 1.165) is 5.69 Å². The fraction of sp³-hybridized carbons (Fsp3) is 0.111. The molecule has 0 aliphatic heterocycles. The molecule has 124 valence electrons. The number of carbonyl (C=O) groups is 1. The van der Waals surface area contributed by atoms with Crippen molar-refractivity contribution < 1.29 is 4.79 Å². The maximum absolute atomic E-state index is 12.5. The first-order valence-corrected chi connectivity index (χ1v) is 8.49. The van der Waals surface area contributed by atoms with E-state index in [2.05, 4.69) is 21.6 Å². The highest BCUT2D eigenvalue weighted by Crippen LogP contribution is 2.25. The van der Waals surface area contributed by atoms with Gasteiger partial charge in [0.1, 0.15) is 12.4 Å². The summed E-state index contributed by atoms with van der Waals surface area (Å²) in [6, 6.07) is 18.7. The van der Waals surface area contributed by atoms with Gasteiger partial charge in [-0.05, 0) is 31.2 Å². The van der Waals surface area contributed by atoms with Crippen LogP contribution in [0.25, 0.3) is 5.69 Å². The largest absolute Gasteiger partial charge is 0.324 e. The number of amides is 1. The van der Waals surface area contributed by atoms with Crippen LogP contribution >= 0.6 is 11.8 Å². The van der Waals surface area contributed by atoms with Crippen LogP contribution < -0.4 is 5.32 Å². The van der Waals surface area contributed by atoms with Crippen LogP contribution in [0.5, 0.6) is 0 Å². The lowest BCUT2D eigenvalue weighted by molar-refractivity contribution is -0.115. The summed E-state index contributed by atoms with van der Waals surface area (Å²) < 4.78 is 1.83. The predicted octanol–water partition coefficient (Wildman–Crippen LogP) is 3.26. The molecule has 1 atom stereocenters. The maximum Gasteiger partial charge on any atom is 0.237 e. The van der Waals surface area contributed by atoms with E-state index in [-0.39, 0.29) is 5.91 Å². The lowest BCUT2D eigenvalue weighted by Crippen LogP contribution is -2.23. The summed E-state index contributed by atoms with van der Waals surface area (Å²) in [5.41, 5.74) is 1.87. The Morgan fingerprint density at radius 3 is 2.68 bits per heavy atom. The van der Waals surface area contributed by atoms with Crippen LogP contribution in [0.3, 0.4) is 0 Å². The van der Waals surface area contributed by atoms with E-state index in [1.807, 2.05) is 34.9 Å². The zero-order valence-corrected chi connectivity index (χ0v) is 14.3. The molecule has 0 bridgehead atoms. The van der Waals surface area contributed by atoms with Crippen LogP contribution in [0.4, 0.5) is 5.69 Å². The molecule has 0 fully saturated rings. The van der Waals surface area contributed by atoms with Crippen molar-refractivity contribution in [2.24, 2.45) is 0 Å². The Bertz CT molecular complexity index is 916. The Labute approximate surface area is 149 Å². The number of benzene rings is 2. The van der Waals surface area contributed by atoms with Crippen LogP contribution in [0.15, 0.2) is 66.1 Å². The molecule has 3 aromatic rings. The molecule has 0 aliphatic rings. The molecule has 1 heterocycles. The topological polar surface area (TPSA) is 83.6 Å². The van der Waals surface area contributed by atoms with Crippen molar-refractivity contribution in [3.63, 3.8) is 0 Å². The number of hydrogen-bond acceptors (Lipinski definition) is 5. The summed E-state index contributed by atoms with van der Waals surface area (Å²) in [6.07, 6.45) is 1.62. The molecule has 1 unspecified atom stereocenters. The third kappa shape index (κ3) is 3.87. The number of nitriles is 1. The smallest absolute Gasteiger partial charge is 0.237 e. The van der Waals surface area contributed by atoms with Gasteiger partial charge in [0.15, 0.2) is 5.16 Å². The highest BCUT2D eigenvalue weighted by molar-refractivity contribution is 8.00. The number of thioether (sulfide) groups is 1. The van der Waals surface area contributed by atoms with Gasteiger partial charge in [-0.2, -0.15) is 5.26 Å². The fourth-order valence-electron chi connectivity index (χ4n) is 2.21. The molecule has 1 amide bonds. The molecule has 0 aliphatic carbocycles. The molecule has 1 N–H and O–H groups in total. The monoisotopic (exact) mass is 349 g/mol. The summed E-state index contributed by atoms with van der Waals surface area (Å²) in [6.45, 7) is 1.79. The van der Waals surface area contributed by atoms with Gasteiger partial charge in [-0.25, -0.2) is 0 Å². The van der Waals surface area contributed by atoms with E-state index in [1.165, 1.54) is 11.8 Å². The number of rotatable bonds is 5. The first-order valence-electron chi connectivity index (χ1n) is 7.61. The van der Waals surface area contributed by atoms with Crippen molar-refractivity contribution in [2.45, 2.75) is 17.3 Å². The van der Waals surface area contributed by atoms with Crippen molar-refractivity contribution in [1.82, 2.24) is 14.8 Å². The molecule has 1 aromatic heterocycles. The lowest BCUT2D eigenvalue weighted by Gasteiger charge is -2.13. The maximum atomic E-state index is 12.5. The molecule has 2 aromatic carbocycles. The van der Waals surface area contributed by atoms with E-state index in [0.29, 0.717) is 16.4 Å². The van der Waals surface area contributed by atoms with Gasteiger partial charge in [0.25, 0.3) is 0 Å². The van der Waals surface area contributed by atoms with Gasteiger partial charge in [0, 0.05) is 5.69 Å². The molecular formula is C18H15N5OS. The van der Waals surface area contributed by atoms with Crippen molar-refractivity contribution in [3.05, 3.63) is 66.5 Å². The molecule has 0 radical (unpaired) electrons. The number of aromatic nitrogens is 3. The van der Waals surface area contributed by atoms with E-state index in [1.54, 1.807) is 37.5 Å². The van der Waals surface area contributed by atoms with Crippen LogP contribution in [0, 0.1) is 11.3 Å². The standard InChI is InChI=1S/C18H15N5OS/c1-13(17(24)21-16-10-6-5-7-14(16)11-19)25-18-22-20-12-23(18)15-8-3-2-4-9-15/h2-10,12-13H,1H3,(H,21,24). The molecule has 0 saturated heterocycles. The molecule has 0 spiro atoms. The minimum absolute atomic E-state index is 0.199. The minimum atomic E-state index is -0.404. The Morgan fingerprint density at radius 2 is 1.92 bits per heavy atom. The predicted molar refractivity (Wildman–Crippen MR) is 96.5 cm³/mol. The Morgan fingerprint density at radius 1 is 1.20 bits per heavy atom. The van der Waals surface area contributed by atoms with E-state index < -0.39 is 5.25 Å². The van der Waals surface area contributed by atoms with Crippen LogP contribution in [0.1, 0.15) is 12.5 Å². The number of anilines is 1. The summed E-state index contributed by atoms with van der Waals surface area (Å²) >= 11 is 1.31. The van der Waals surface area contributed by atoms with Crippen molar-refractivity contribution in [3.8, 4) is 11.8 Å². The number of nitrogens with zero attached hydrogens (tertiary/aromatic N) is 4. The van der Waals surface area contributed by atoms with E-state index >= 15 is 0 Å². The fourth-order valence-corrected chi connectivity index (χ4v) is 3.05. The van der Waals surface area contributed by atoms with Crippen molar-refractivity contribution >= 4 is 23.4 Å². The summed E-state index contributed by atoms with van der Waals surface area (Å²) in [7, 11) is 0. The number of hydrogen-bond donors (Lipinski definition) is 1. The normalized spacial score (nSPS) is 11.5. The second kappa shape index (κ2) is 7.64. The first-order chi connectivity index (χ1) is 12.2. The lowest BCUT2D eigenvalue weighted by atomic mass is 10.2. The van der Waals surface area contributed by atoms with Crippen molar-refractivity contribution in [1.29, 1.82) is 5.26 Å². The number of carbonyl (C=O) groups excluding carboxylic acids is 1. The van der Waals surface area contributed by atoms with Crippen LogP contribution in [0.2, 0.25) is 0 Å².